The number of likely N-dealkylation sites (tertiary alicyclic amines) is 1. The molecular weight excluding hydrogens is 236 g/mol. The molecule has 4 atom stereocenters. The van der Waals surface area contributed by atoms with Gasteiger partial charge >= 0.3 is 0 Å². The molecular formula is C16H28N2O. The molecule has 1 amide bonds. The summed E-state index contributed by atoms with van der Waals surface area (Å²) in [5, 5.41) is 3.59. The Morgan fingerprint density at radius 1 is 1.26 bits per heavy atom. The first-order chi connectivity index (χ1) is 9.28. The van der Waals surface area contributed by atoms with Crippen LogP contribution in [0.5, 0.6) is 0 Å². The van der Waals surface area contributed by atoms with Gasteiger partial charge in [0.2, 0.25) is 5.91 Å². The molecule has 0 radical (unpaired) electrons. The van der Waals surface area contributed by atoms with Gasteiger partial charge in [-0.3, -0.25) is 4.79 Å². The minimum atomic E-state index is 0.378. The van der Waals surface area contributed by atoms with Crippen LogP contribution in [0.1, 0.15) is 51.9 Å². The normalized spacial score (nSPS) is 37.8. The van der Waals surface area contributed by atoms with Gasteiger partial charge in [0.1, 0.15) is 0 Å². The van der Waals surface area contributed by atoms with Gasteiger partial charge in [0.15, 0.2) is 0 Å². The van der Waals surface area contributed by atoms with Crippen molar-refractivity contribution >= 4 is 5.91 Å². The summed E-state index contributed by atoms with van der Waals surface area (Å²) >= 11 is 0. The SMILES string of the molecule is CCCNC1CCCN(C(=O)C2CC3CCC2C3)C1. The fourth-order valence-electron chi connectivity index (χ4n) is 4.47. The van der Waals surface area contributed by atoms with Gasteiger partial charge in [-0.05, 0) is 56.9 Å². The van der Waals surface area contributed by atoms with Crippen LogP contribution in [0, 0.1) is 17.8 Å². The van der Waals surface area contributed by atoms with Crippen molar-refractivity contribution in [1.82, 2.24) is 10.2 Å². The maximum absolute atomic E-state index is 12.7. The highest BCUT2D eigenvalue weighted by Gasteiger charge is 2.44. The van der Waals surface area contributed by atoms with E-state index < -0.39 is 0 Å². The van der Waals surface area contributed by atoms with Crippen LogP contribution in [-0.2, 0) is 4.79 Å². The average Bonchev–Trinajstić information content (AvgIpc) is 3.07. The first kappa shape index (κ1) is 13.4. The molecule has 1 N–H and O–H groups in total. The van der Waals surface area contributed by atoms with E-state index in [2.05, 4.69) is 17.1 Å². The summed E-state index contributed by atoms with van der Waals surface area (Å²) in [5.74, 6) is 2.46. The number of rotatable bonds is 4. The molecule has 108 valence electrons. The van der Waals surface area contributed by atoms with Crippen LogP contribution >= 0.6 is 0 Å². The van der Waals surface area contributed by atoms with Crippen LogP contribution in [0.25, 0.3) is 0 Å². The molecule has 1 saturated heterocycles. The topological polar surface area (TPSA) is 32.3 Å². The van der Waals surface area contributed by atoms with Crippen LogP contribution < -0.4 is 5.32 Å². The standard InChI is InChI=1S/C16H28N2O/c1-2-7-17-14-4-3-8-18(11-14)16(19)15-10-12-5-6-13(15)9-12/h12-15,17H,2-11H2,1H3. The zero-order chi connectivity index (χ0) is 13.2. The van der Waals surface area contributed by atoms with Crippen LogP contribution in [0.4, 0.5) is 0 Å². The summed E-state index contributed by atoms with van der Waals surface area (Å²) in [7, 11) is 0. The third kappa shape index (κ3) is 2.81. The molecule has 19 heavy (non-hydrogen) atoms. The molecule has 0 aromatic carbocycles. The lowest BCUT2D eigenvalue weighted by Crippen LogP contribution is -2.50. The summed E-state index contributed by atoms with van der Waals surface area (Å²) in [6.07, 6.45) is 8.81. The molecule has 3 nitrogen and oxygen atoms in total. The second-order valence-electron chi connectivity index (χ2n) is 6.86. The Kier molecular flexibility index (Phi) is 4.11. The van der Waals surface area contributed by atoms with E-state index in [1.54, 1.807) is 0 Å². The van der Waals surface area contributed by atoms with Crippen molar-refractivity contribution in [2.24, 2.45) is 17.8 Å². The van der Waals surface area contributed by atoms with Crippen molar-refractivity contribution in [3.05, 3.63) is 0 Å². The maximum Gasteiger partial charge on any atom is 0.226 e. The molecule has 4 unspecified atom stereocenters. The lowest BCUT2D eigenvalue weighted by atomic mass is 9.87. The Hall–Kier alpha value is -0.570. The molecule has 2 saturated carbocycles. The lowest BCUT2D eigenvalue weighted by molar-refractivity contribution is -0.138. The Balaban J connectivity index is 1.54. The number of nitrogens with zero attached hydrogens (tertiary/aromatic N) is 1. The predicted molar refractivity (Wildman–Crippen MR) is 76.8 cm³/mol. The van der Waals surface area contributed by atoms with E-state index in [9.17, 15) is 4.79 Å². The van der Waals surface area contributed by atoms with E-state index in [1.807, 2.05) is 0 Å². The highest BCUT2D eigenvalue weighted by atomic mass is 16.2. The maximum atomic E-state index is 12.7. The second-order valence-corrected chi connectivity index (χ2v) is 6.86. The fourth-order valence-corrected chi connectivity index (χ4v) is 4.47. The van der Waals surface area contributed by atoms with Crippen LogP contribution in [0.15, 0.2) is 0 Å². The molecule has 3 fully saturated rings. The number of hydrogen-bond acceptors (Lipinski definition) is 2. The molecule has 0 aromatic heterocycles. The molecule has 3 heteroatoms. The van der Waals surface area contributed by atoms with E-state index in [0.29, 0.717) is 17.9 Å². The molecule has 0 spiro atoms. The number of amides is 1. The average molecular weight is 264 g/mol. The second kappa shape index (κ2) is 5.82. The summed E-state index contributed by atoms with van der Waals surface area (Å²) in [6.45, 7) is 5.23. The first-order valence-corrected chi connectivity index (χ1v) is 8.30. The Morgan fingerprint density at radius 2 is 2.16 bits per heavy atom. The summed E-state index contributed by atoms with van der Waals surface area (Å²) in [4.78, 5) is 14.9. The molecule has 3 aliphatic rings. The van der Waals surface area contributed by atoms with E-state index in [4.69, 9.17) is 0 Å². The van der Waals surface area contributed by atoms with Gasteiger partial charge in [0.25, 0.3) is 0 Å². The summed E-state index contributed by atoms with van der Waals surface area (Å²) in [6, 6.07) is 0.538. The quantitative estimate of drug-likeness (QED) is 0.845. The predicted octanol–water partition coefficient (Wildman–Crippen LogP) is 2.41. The van der Waals surface area contributed by atoms with Gasteiger partial charge < -0.3 is 10.2 Å². The number of hydrogen-bond donors (Lipinski definition) is 1. The number of carbonyl (C=O) groups excluding carboxylic acids is 1. The fraction of sp³-hybridized carbons (Fsp3) is 0.938. The van der Waals surface area contributed by atoms with Gasteiger partial charge in [0.05, 0.1) is 0 Å². The lowest BCUT2D eigenvalue weighted by Gasteiger charge is -2.36. The van der Waals surface area contributed by atoms with Gasteiger partial charge in [0, 0.05) is 25.0 Å². The highest BCUT2D eigenvalue weighted by molar-refractivity contribution is 5.79. The molecule has 2 bridgehead atoms. The van der Waals surface area contributed by atoms with Gasteiger partial charge in [-0.2, -0.15) is 0 Å². The number of carbonyl (C=O) groups is 1. The Bertz CT molecular complexity index is 331. The monoisotopic (exact) mass is 264 g/mol. The minimum Gasteiger partial charge on any atom is -0.341 e. The summed E-state index contributed by atoms with van der Waals surface area (Å²) < 4.78 is 0. The van der Waals surface area contributed by atoms with Crippen molar-refractivity contribution in [3.63, 3.8) is 0 Å². The highest BCUT2D eigenvalue weighted by Crippen LogP contribution is 2.49. The van der Waals surface area contributed by atoms with Crippen molar-refractivity contribution in [1.29, 1.82) is 0 Å². The van der Waals surface area contributed by atoms with E-state index in [-0.39, 0.29) is 0 Å². The third-order valence-corrected chi connectivity index (χ3v) is 5.47. The first-order valence-electron chi connectivity index (χ1n) is 8.30. The van der Waals surface area contributed by atoms with Gasteiger partial charge in [-0.25, -0.2) is 0 Å². The zero-order valence-electron chi connectivity index (χ0n) is 12.2. The number of nitrogens with one attached hydrogen (secondary N) is 1. The van der Waals surface area contributed by atoms with E-state index >= 15 is 0 Å². The molecule has 1 heterocycles. The van der Waals surface area contributed by atoms with E-state index in [1.165, 1.54) is 44.9 Å². The van der Waals surface area contributed by atoms with Crippen LogP contribution in [0.2, 0.25) is 0 Å². The molecule has 0 aromatic rings. The smallest absolute Gasteiger partial charge is 0.226 e. The number of fused-ring (bicyclic) bond motifs is 2. The van der Waals surface area contributed by atoms with Crippen LogP contribution in [-0.4, -0.2) is 36.5 Å². The van der Waals surface area contributed by atoms with Gasteiger partial charge in [-0.1, -0.05) is 13.3 Å². The largest absolute Gasteiger partial charge is 0.341 e. The van der Waals surface area contributed by atoms with Crippen molar-refractivity contribution in [2.75, 3.05) is 19.6 Å². The van der Waals surface area contributed by atoms with Crippen molar-refractivity contribution < 1.29 is 4.79 Å². The third-order valence-electron chi connectivity index (χ3n) is 5.47. The van der Waals surface area contributed by atoms with E-state index in [0.717, 1.165) is 31.5 Å². The van der Waals surface area contributed by atoms with Crippen molar-refractivity contribution in [3.8, 4) is 0 Å². The molecule has 3 rings (SSSR count). The number of piperidine rings is 1. The van der Waals surface area contributed by atoms with Crippen molar-refractivity contribution in [2.45, 2.75) is 57.9 Å². The summed E-state index contributed by atoms with van der Waals surface area (Å²) in [5.41, 5.74) is 0. The molecule has 1 aliphatic heterocycles. The van der Waals surface area contributed by atoms with Gasteiger partial charge in [-0.15, -0.1) is 0 Å². The van der Waals surface area contributed by atoms with Crippen LogP contribution in [0.3, 0.4) is 0 Å². The molecule has 2 aliphatic carbocycles. The Morgan fingerprint density at radius 3 is 2.84 bits per heavy atom. The minimum absolute atomic E-state index is 0.378. The Labute approximate surface area is 117 Å². The zero-order valence-corrected chi connectivity index (χ0v) is 12.2.